The van der Waals surface area contributed by atoms with Crippen LogP contribution in [0.25, 0.3) is 0 Å². The second-order valence-corrected chi connectivity index (χ2v) is 0. The van der Waals surface area contributed by atoms with E-state index in [1.165, 1.54) is 0 Å². The fraction of sp³-hybridized carbons (Fsp3) is 0.200. The molecule has 7 heavy (non-hydrogen) atoms. The summed E-state index contributed by atoms with van der Waals surface area (Å²) in [7, 11) is 0. The first kappa shape index (κ1) is 71.1. The largest absolute Gasteiger partial charge is 2.00 e. The Morgan fingerprint density at radius 2 is 0.857 bits per heavy atom. The summed E-state index contributed by atoms with van der Waals surface area (Å²) in [5, 5.41) is 0. The van der Waals surface area contributed by atoms with Crippen LogP contribution in [-0.4, -0.2) is 0 Å². The van der Waals surface area contributed by atoms with Gasteiger partial charge in [0.05, 0.1) is 0 Å². The fourth-order valence-corrected chi connectivity index (χ4v) is 0. The van der Waals surface area contributed by atoms with Crippen molar-refractivity contribution in [2.24, 2.45) is 0 Å². The zero-order valence-electron chi connectivity index (χ0n) is 5.73. The molecule has 2 heteroatoms. The van der Waals surface area contributed by atoms with Gasteiger partial charge < -0.3 is 29.2 Å². The first-order valence-electron chi connectivity index (χ1n) is 0.707. The average Bonchev–Trinajstić information content (AvgIpc) is 1.00. The van der Waals surface area contributed by atoms with E-state index < -0.39 is 0 Å². The SMILES string of the molecule is [CH2-]C.[CH3-].[CH3-].[CH3-].[V+2].[Y]. The molecular formula is C5H14VY-2. The molecule has 0 aromatic rings. The first-order chi connectivity index (χ1) is 1.00. The summed E-state index contributed by atoms with van der Waals surface area (Å²) in [6.45, 7) is 5.00. The van der Waals surface area contributed by atoms with Crippen LogP contribution >= 0.6 is 0 Å². The Morgan fingerprint density at radius 1 is 0.857 bits per heavy atom. The minimum Gasteiger partial charge on any atom is -0.358 e. The van der Waals surface area contributed by atoms with E-state index in [-0.39, 0.29) is 73.5 Å². The van der Waals surface area contributed by atoms with E-state index >= 15 is 0 Å². The summed E-state index contributed by atoms with van der Waals surface area (Å²) < 4.78 is 0. The quantitative estimate of drug-likeness (QED) is 0.542. The van der Waals surface area contributed by atoms with Gasteiger partial charge in [0.15, 0.2) is 0 Å². The molecule has 0 N–H and O–H groups in total. The molecule has 0 bridgehead atoms. The van der Waals surface area contributed by atoms with Crippen molar-refractivity contribution in [2.45, 2.75) is 6.92 Å². The van der Waals surface area contributed by atoms with Gasteiger partial charge in [-0.1, -0.05) is 0 Å². The Balaban J connectivity index is -0.000000000500. The topological polar surface area (TPSA) is 0 Å². The maximum atomic E-state index is 3.25. The van der Waals surface area contributed by atoms with Gasteiger partial charge in [0, 0.05) is 32.7 Å². The molecule has 2 radical (unpaired) electrons. The van der Waals surface area contributed by atoms with Crippen molar-refractivity contribution in [1.82, 2.24) is 0 Å². The molecule has 0 aromatic carbocycles. The fourth-order valence-electron chi connectivity index (χ4n) is 0. The predicted molar refractivity (Wildman–Crippen MR) is 30.3 cm³/mol. The molecule has 0 saturated carbocycles. The summed E-state index contributed by atoms with van der Waals surface area (Å²) in [6, 6.07) is 0. The van der Waals surface area contributed by atoms with Gasteiger partial charge in [0.1, 0.15) is 0 Å². The average molecular weight is 214 g/mol. The molecule has 0 atom stereocenters. The predicted octanol–water partition coefficient (Wildman–Crippen LogP) is 2.19. The zero-order chi connectivity index (χ0) is 2.00. The standard InChI is InChI=1S/C2H5.3CH3.V.Y/c1-2;;;;;/h1H2,2H3;3*1H3;;/q4*-1;+2;. The molecular weight excluding hydrogens is 200 g/mol. The van der Waals surface area contributed by atoms with Crippen molar-refractivity contribution in [3.63, 3.8) is 0 Å². The second kappa shape index (κ2) is 121. The van der Waals surface area contributed by atoms with Gasteiger partial charge in [-0.25, -0.2) is 0 Å². The van der Waals surface area contributed by atoms with Crippen LogP contribution in [-0.2, 0) is 51.3 Å². The summed E-state index contributed by atoms with van der Waals surface area (Å²) >= 11 is 0. The Bertz CT molecular complexity index is 8.04. The summed E-state index contributed by atoms with van der Waals surface area (Å²) in [6.07, 6.45) is 0. The Labute approximate surface area is 86.6 Å². The minimum absolute atomic E-state index is 0. The summed E-state index contributed by atoms with van der Waals surface area (Å²) in [5.74, 6) is 0. The van der Waals surface area contributed by atoms with Crippen molar-refractivity contribution in [2.75, 3.05) is 0 Å². The van der Waals surface area contributed by atoms with Gasteiger partial charge in [-0.2, -0.15) is 6.92 Å². The molecule has 0 rings (SSSR count). The van der Waals surface area contributed by atoms with Crippen LogP contribution in [0.5, 0.6) is 0 Å². The van der Waals surface area contributed by atoms with Gasteiger partial charge in [0.25, 0.3) is 0 Å². The molecule has 0 heterocycles. The Morgan fingerprint density at radius 3 is 0.857 bits per heavy atom. The van der Waals surface area contributed by atoms with Gasteiger partial charge in [-0.05, 0) is 0 Å². The van der Waals surface area contributed by atoms with Crippen molar-refractivity contribution >= 4 is 0 Å². The summed E-state index contributed by atoms with van der Waals surface area (Å²) in [4.78, 5) is 0. The second-order valence-electron chi connectivity index (χ2n) is 0. The van der Waals surface area contributed by atoms with Crippen molar-refractivity contribution in [1.29, 1.82) is 0 Å². The van der Waals surface area contributed by atoms with Crippen molar-refractivity contribution in [3.05, 3.63) is 29.2 Å². The van der Waals surface area contributed by atoms with E-state index in [2.05, 4.69) is 6.92 Å². The molecule has 0 aliphatic carbocycles. The molecule has 0 spiro atoms. The summed E-state index contributed by atoms with van der Waals surface area (Å²) in [5.41, 5.74) is 0. The smallest absolute Gasteiger partial charge is 0.358 e. The van der Waals surface area contributed by atoms with E-state index in [1.54, 1.807) is 6.92 Å². The van der Waals surface area contributed by atoms with Crippen molar-refractivity contribution < 1.29 is 51.3 Å². The van der Waals surface area contributed by atoms with E-state index in [4.69, 9.17) is 0 Å². The van der Waals surface area contributed by atoms with Crippen molar-refractivity contribution in [3.8, 4) is 0 Å². The van der Waals surface area contributed by atoms with Gasteiger partial charge >= 0.3 is 18.6 Å². The molecule has 0 nitrogen and oxygen atoms in total. The van der Waals surface area contributed by atoms with Crippen LogP contribution < -0.4 is 0 Å². The molecule has 0 unspecified atom stereocenters. The van der Waals surface area contributed by atoms with Gasteiger partial charge in [-0.3, -0.25) is 0 Å². The monoisotopic (exact) mass is 214 g/mol. The Kier molecular flexibility index (Phi) is 1220. The third-order valence-electron chi connectivity index (χ3n) is 0. The normalized spacial score (nSPS) is 0.857. The van der Waals surface area contributed by atoms with E-state index in [9.17, 15) is 0 Å². The molecule has 0 fully saturated rings. The van der Waals surface area contributed by atoms with E-state index in [1.807, 2.05) is 0 Å². The van der Waals surface area contributed by atoms with Gasteiger partial charge in [0.2, 0.25) is 0 Å². The van der Waals surface area contributed by atoms with Crippen LogP contribution in [0.4, 0.5) is 0 Å². The molecule has 0 aliphatic heterocycles. The third-order valence-corrected chi connectivity index (χ3v) is 0. The molecule has 0 amide bonds. The molecule has 0 aliphatic rings. The zero-order valence-corrected chi connectivity index (χ0v) is 9.97. The van der Waals surface area contributed by atoms with Crippen LogP contribution in [0.2, 0.25) is 0 Å². The van der Waals surface area contributed by atoms with Crippen LogP contribution in [0.15, 0.2) is 0 Å². The van der Waals surface area contributed by atoms with Crippen LogP contribution in [0.1, 0.15) is 6.92 Å². The molecule has 44 valence electrons. The van der Waals surface area contributed by atoms with Crippen LogP contribution in [0, 0.1) is 29.2 Å². The maximum Gasteiger partial charge on any atom is 2.00 e. The molecule has 0 saturated heterocycles. The van der Waals surface area contributed by atoms with Gasteiger partial charge in [-0.15, -0.1) is 0 Å². The number of rotatable bonds is 0. The first-order valence-corrected chi connectivity index (χ1v) is 0.707. The maximum absolute atomic E-state index is 3.25. The third kappa shape index (κ3) is 87.3. The van der Waals surface area contributed by atoms with Crippen LogP contribution in [0.3, 0.4) is 0 Å². The number of hydrogen-bond acceptors (Lipinski definition) is 0. The number of hydrogen-bond donors (Lipinski definition) is 0. The Hall–Kier alpha value is 1.69. The molecule has 0 aromatic heterocycles. The minimum atomic E-state index is 0. The van der Waals surface area contributed by atoms with E-state index in [0.29, 0.717) is 0 Å². The van der Waals surface area contributed by atoms with E-state index in [0.717, 1.165) is 0 Å².